The van der Waals surface area contributed by atoms with Crippen LogP contribution in [0.25, 0.3) is 11.3 Å². The lowest BCUT2D eigenvalue weighted by Gasteiger charge is -2.35. The van der Waals surface area contributed by atoms with E-state index in [-0.39, 0.29) is 23.9 Å². The summed E-state index contributed by atoms with van der Waals surface area (Å²) in [6.45, 7) is 4.34. The zero-order chi connectivity index (χ0) is 20.5. The highest BCUT2D eigenvalue weighted by molar-refractivity contribution is 5.80. The van der Waals surface area contributed by atoms with Crippen molar-refractivity contribution in [3.05, 3.63) is 58.5 Å². The first kappa shape index (κ1) is 19.3. The van der Waals surface area contributed by atoms with Crippen LogP contribution in [0.5, 0.6) is 0 Å². The standard InChI is InChI=1S/C21H22F2N4O2/c1-12-13(2)26-29-21(12)16-11-24-25-20(16)18-5-3-4-8-27(18)19(28)10-14-9-15(22)6-7-17(14)23/h6-7,9,11,18H,3-5,8,10H2,1-2H3,(H,24,25)/t18-/m0/s1. The number of rotatable bonds is 4. The molecule has 0 spiro atoms. The molecule has 0 unspecified atom stereocenters. The summed E-state index contributed by atoms with van der Waals surface area (Å²) in [4.78, 5) is 14.7. The van der Waals surface area contributed by atoms with Gasteiger partial charge in [-0.05, 0) is 51.3 Å². The molecule has 1 aliphatic rings. The highest BCUT2D eigenvalue weighted by Crippen LogP contribution is 2.37. The third-order valence-corrected chi connectivity index (χ3v) is 5.58. The van der Waals surface area contributed by atoms with Crippen molar-refractivity contribution < 1.29 is 18.1 Å². The van der Waals surface area contributed by atoms with Crippen molar-refractivity contribution in [1.29, 1.82) is 0 Å². The Labute approximate surface area is 166 Å². The van der Waals surface area contributed by atoms with Crippen molar-refractivity contribution >= 4 is 5.91 Å². The molecule has 152 valence electrons. The maximum Gasteiger partial charge on any atom is 0.227 e. The van der Waals surface area contributed by atoms with Gasteiger partial charge in [-0.25, -0.2) is 8.78 Å². The molecule has 3 heterocycles. The van der Waals surface area contributed by atoms with E-state index in [1.165, 1.54) is 0 Å². The maximum atomic E-state index is 14.0. The van der Waals surface area contributed by atoms with Crippen LogP contribution >= 0.6 is 0 Å². The number of nitrogens with one attached hydrogen (secondary N) is 1. The zero-order valence-electron chi connectivity index (χ0n) is 16.3. The van der Waals surface area contributed by atoms with Gasteiger partial charge in [-0.2, -0.15) is 5.10 Å². The number of carbonyl (C=O) groups excluding carboxylic acids is 1. The third-order valence-electron chi connectivity index (χ3n) is 5.58. The second-order valence-electron chi connectivity index (χ2n) is 7.43. The molecular formula is C21H22F2N4O2. The molecule has 1 saturated heterocycles. The zero-order valence-corrected chi connectivity index (χ0v) is 16.3. The number of nitrogens with zero attached hydrogens (tertiary/aromatic N) is 3. The van der Waals surface area contributed by atoms with Gasteiger partial charge in [0.05, 0.1) is 35.6 Å². The number of H-pyrrole nitrogens is 1. The SMILES string of the molecule is Cc1noc(-c2cn[nH]c2[C@@H]2CCCCN2C(=O)Cc2cc(F)ccc2F)c1C. The molecule has 2 aromatic heterocycles. The molecule has 1 aromatic carbocycles. The Morgan fingerprint density at radius 3 is 2.90 bits per heavy atom. The lowest BCUT2D eigenvalue weighted by atomic mass is 9.94. The summed E-state index contributed by atoms with van der Waals surface area (Å²) in [5, 5.41) is 11.2. The van der Waals surface area contributed by atoms with Crippen molar-refractivity contribution in [1.82, 2.24) is 20.3 Å². The number of likely N-dealkylation sites (tertiary alicyclic amines) is 1. The molecule has 4 rings (SSSR count). The number of amides is 1. The van der Waals surface area contributed by atoms with Crippen LogP contribution in [-0.2, 0) is 11.2 Å². The minimum atomic E-state index is -0.580. The van der Waals surface area contributed by atoms with Crippen molar-refractivity contribution in [2.45, 2.75) is 45.6 Å². The first-order chi connectivity index (χ1) is 14.0. The molecule has 3 aromatic rings. The summed E-state index contributed by atoms with van der Waals surface area (Å²) in [7, 11) is 0. The van der Waals surface area contributed by atoms with Gasteiger partial charge in [-0.3, -0.25) is 9.89 Å². The number of piperidine rings is 1. The third kappa shape index (κ3) is 3.66. The van der Waals surface area contributed by atoms with E-state index in [4.69, 9.17) is 4.52 Å². The molecule has 1 amide bonds. The largest absolute Gasteiger partial charge is 0.356 e. The van der Waals surface area contributed by atoms with Crippen LogP contribution < -0.4 is 0 Å². The fourth-order valence-electron chi connectivity index (χ4n) is 3.87. The van der Waals surface area contributed by atoms with Gasteiger partial charge in [-0.1, -0.05) is 5.16 Å². The van der Waals surface area contributed by atoms with Gasteiger partial charge in [0.15, 0.2) is 5.76 Å². The van der Waals surface area contributed by atoms with E-state index in [1.54, 1.807) is 11.1 Å². The topological polar surface area (TPSA) is 75.0 Å². The van der Waals surface area contributed by atoms with Crippen molar-refractivity contribution in [3.8, 4) is 11.3 Å². The first-order valence-electron chi connectivity index (χ1n) is 9.65. The smallest absolute Gasteiger partial charge is 0.227 e. The van der Waals surface area contributed by atoms with Crippen LogP contribution in [0, 0.1) is 25.5 Å². The predicted molar refractivity (Wildman–Crippen MR) is 102 cm³/mol. The lowest BCUT2D eigenvalue weighted by Crippen LogP contribution is -2.39. The van der Waals surface area contributed by atoms with E-state index >= 15 is 0 Å². The molecule has 8 heteroatoms. The van der Waals surface area contributed by atoms with Gasteiger partial charge in [0.1, 0.15) is 11.6 Å². The fraction of sp³-hybridized carbons (Fsp3) is 0.381. The number of hydrogen-bond acceptors (Lipinski definition) is 4. The van der Waals surface area contributed by atoms with Crippen molar-refractivity contribution in [3.63, 3.8) is 0 Å². The Balaban J connectivity index is 1.64. The first-order valence-corrected chi connectivity index (χ1v) is 9.65. The molecule has 1 fully saturated rings. The van der Waals surface area contributed by atoms with E-state index in [0.29, 0.717) is 12.3 Å². The normalized spacial score (nSPS) is 17.0. The lowest BCUT2D eigenvalue weighted by molar-refractivity contribution is -0.134. The van der Waals surface area contributed by atoms with E-state index in [0.717, 1.165) is 60.0 Å². The highest BCUT2D eigenvalue weighted by atomic mass is 19.1. The maximum absolute atomic E-state index is 14.0. The Kier molecular flexibility index (Phi) is 5.17. The molecular weight excluding hydrogens is 378 g/mol. The number of benzene rings is 1. The summed E-state index contributed by atoms with van der Waals surface area (Å²) in [5.74, 6) is -0.759. The van der Waals surface area contributed by atoms with Gasteiger partial charge in [0.25, 0.3) is 0 Å². The molecule has 0 aliphatic carbocycles. The van der Waals surface area contributed by atoms with E-state index < -0.39 is 11.6 Å². The number of aromatic amines is 1. The van der Waals surface area contributed by atoms with E-state index in [1.807, 2.05) is 13.8 Å². The van der Waals surface area contributed by atoms with Crippen LogP contribution in [0.2, 0.25) is 0 Å². The quantitative estimate of drug-likeness (QED) is 0.710. The summed E-state index contributed by atoms with van der Waals surface area (Å²) in [5.41, 5.74) is 3.32. The van der Waals surface area contributed by atoms with E-state index in [9.17, 15) is 13.6 Å². The fourth-order valence-corrected chi connectivity index (χ4v) is 3.87. The monoisotopic (exact) mass is 400 g/mol. The van der Waals surface area contributed by atoms with Crippen LogP contribution in [0.3, 0.4) is 0 Å². The number of hydrogen-bond donors (Lipinski definition) is 1. The molecule has 1 N–H and O–H groups in total. The number of carbonyl (C=O) groups is 1. The van der Waals surface area contributed by atoms with E-state index in [2.05, 4.69) is 15.4 Å². The van der Waals surface area contributed by atoms with Gasteiger partial charge < -0.3 is 9.42 Å². The molecule has 1 aliphatic heterocycles. The predicted octanol–water partition coefficient (Wildman–Crippen LogP) is 4.26. The molecule has 29 heavy (non-hydrogen) atoms. The molecule has 0 saturated carbocycles. The van der Waals surface area contributed by atoms with Crippen molar-refractivity contribution in [2.75, 3.05) is 6.54 Å². The van der Waals surface area contributed by atoms with Gasteiger partial charge in [0.2, 0.25) is 5.91 Å². The minimum Gasteiger partial charge on any atom is -0.356 e. The molecule has 0 bridgehead atoms. The van der Waals surface area contributed by atoms with Gasteiger partial charge in [0, 0.05) is 17.7 Å². The second kappa shape index (κ2) is 7.77. The van der Waals surface area contributed by atoms with Gasteiger partial charge in [-0.15, -0.1) is 0 Å². The molecule has 6 nitrogen and oxygen atoms in total. The summed E-state index contributed by atoms with van der Waals surface area (Å²) in [6, 6.07) is 2.93. The van der Waals surface area contributed by atoms with Crippen LogP contribution in [0.15, 0.2) is 28.9 Å². The Hall–Kier alpha value is -3.03. The summed E-state index contributed by atoms with van der Waals surface area (Å²) in [6.07, 6.45) is 4.04. The van der Waals surface area contributed by atoms with Crippen LogP contribution in [0.4, 0.5) is 8.78 Å². The van der Waals surface area contributed by atoms with Crippen molar-refractivity contribution in [2.24, 2.45) is 0 Å². The minimum absolute atomic E-state index is 0.0610. The van der Waals surface area contributed by atoms with Crippen LogP contribution in [-0.4, -0.2) is 32.7 Å². The number of aromatic nitrogens is 3. The average molecular weight is 400 g/mol. The number of halogens is 2. The Morgan fingerprint density at radius 2 is 2.14 bits per heavy atom. The average Bonchev–Trinajstić information content (AvgIpc) is 3.31. The highest BCUT2D eigenvalue weighted by Gasteiger charge is 2.32. The van der Waals surface area contributed by atoms with Gasteiger partial charge >= 0.3 is 0 Å². The Morgan fingerprint density at radius 1 is 1.31 bits per heavy atom. The summed E-state index contributed by atoms with van der Waals surface area (Å²) >= 11 is 0. The summed E-state index contributed by atoms with van der Waals surface area (Å²) < 4.78 is 33.0. The molecule has 1 atom stereocenters. The molecule has 0 radical (unpaired) electrons. The second-order valence-corrected chi connectivity index (χ2v) is 7.43. The van der Waals surface area contributed by atoms with Crippen LogP contribution in [0.1, 0.15) is 47.8 Å². The number of aryl methyl sites for hydroxylation is 1. The Bertz CT molecular complexity index is 1040.